The van der Waals surface area contributed by atoms with Crippen LogP contribution in [0, 0.1) is 5.92 Å². The van der Waals surface area contributed by atoms with Gasteiger partial charge in [0.1, 0.15) is 0 Å². The molecule has 1 saturated carbocycles. The minimum atomic E-state index is -0.720. The first kappa shape index (κ1) is 11.8. The molecule has 1 fully saturated rings. The van der Waals surface area contributed by atoms with Gasteiger partial charge in [0.25, 0.3) is 0 Å². The van der Waals surface area contributed by atoms with E-state index in [-0.39, 0.29) is 11.8 Å². The number of rotatable bonds is 5. The Balaban J connectivity index is 2.18. The van der Waals surface area contributed by atoms with Gasteiger partial charge in [-0.05, 0) is 37.0 Å². The standard InChI is InChI=1S/C13H16O4/c1-3-17-11-5-4-8(6-12(11)16-2)9-7-10(9)13(14)15/h4-6,9-10H,3,7H2,1-2H3,(H,14,15)/t9-,10+/m0/s1. The molecule has 1 aliphatic carbocycles. The van der Waals surface area contributed by atoms with Gasteiger partial charge >= 0.3 is 5.97 Å². The van der Waals surface area contributed by atoms with Crippen molar-refractivity contribution in [2.45, 2.75) is 19.3 Å². The topological polar surface area (TPSA) is 55.8 Å². The van der Waals surface area contributed by atoms with Crippen molar-refractivity contribution in [3.63, 3.8) is 0 Å². The number of carboxylic acid groups (broad SMARTS) is 1. The van der Waals surface area contributed by atoms with Crippen LogP contribution in [0.5, 0.6) is 11.5 Å². The van der Waals surface area contributed by atoms with E-state index >= 15 is 0 Å². The van der Waals surface area contributed by atoms with Crippen LogP contribution < -0.4 is 9.47 Å². The predicted octanol–water partition coefficient (Wildman–Crippen LogP) is 2.28. The molecule has 92 valence electrons. The summed E-state index contributed by atoms with van der Waals surface area (Å²) in [6.45, 7) is 2.49. The van der Waals surface area contributed by atoms with Crippen LogP contribution in [0.1, 0.15) is 24.8 Å². The molecule has 4 heteroatoms. The van der Waals surface area contributed by atoms with Crippen LogP contribution in [-0.2, 0) is 4.79 Å². The molecule has 1 aliphatic rings. The Morgan fingerprint density at radius 1 is 1.47 bits per heavy atom. The fourth-order valence-electron chi connectivity index (χ4n) is 2.03. The molecule has 1 N–H and O–H groups in total. The third-order valence-corrected chi connectivity index (χ3v) is 3.02. The van der Waals surface area contributed by atoms with Crippen LogP contribution in [0.2, 0.25) is 0 Å². The van der Waals surface area contributed by atoms with Gasteiger partial charge in [0.2, 0.25) is 0 Å². The van der Waals surface area contributed by atoms with Gasteiger partial charge in [0, 0.05) is 0 Å². The number of hydrogen-bond acceptors (Lipinski definition) is 3. The Morgan fingerprint density at radius 2 is 2.24 bits per heavy atom. The zero-order valence-electron chi connectivity index (χ0n) is 9.97. The minimum absolute atomic E-state index is 0.122. The molecule has 17 heavy (non-hydrogen) atoms. The second kappa shape index (κ2) is 4.65. The number of carbonyl (C=O) groups is 1. The van der Waals surface area contributed by atoms with Crippen LogP contribution >= 0.6 is 0 Å². The summed E-state index contributed by atoms with van der Waals surface area (Å²) < 4.78 is 10.7. The predicted molar refractivity (Wildman–Crippen MR) is 62.6 cm³/mol. The molecule has 0 amide bonds. The summed E-state index contributed by atoms with van der Waals surface area (Å²) in [6, 6.07) is 5.63. The van der Waals surface area contributed by atoms with E-state index < -0.39 is 5.97 Å². The maximum atomic E-state index is 10.8. The van der Waals surface area contributed by atoms with E-state index in [0.29, 0.717) is 24.5 Å². The number of methoxy groups -OCH3 is 1. The Morgan fingerprint density at radius 3 is 2.76 bits per heavy atom. The average molecular weight is 236 g/mol. The van der Waals surface area contributed by atoms with E-state index in [1.807, 2.05) is 25.1 Å². The lowest BCUT2D eigenvalue weighted by atomic mass is 10.1. The monoisotopic (exact) mass is 236 g/mol. The molecule has 1 aromatic carbocycles. The molecule has 1 aromatic rings. The van der Waals surface area contributed by atoms with Crippen molar-refractivity contribution >= 4 is 5.97 Å². The zero-order valence-corrected chi connectivity index (χ0v) is 9.97. The summed E-state index contributed by atoms with van der Waals surface area (Å²) in [5.41, 5.74) is 1.01. The lowest BCUT2D eigenvalue weighted by molar-refractivity contribution is -0.138. The first-order valence-corrected chi connectivity index (χ1v) is 5.71. The molecule has 0 aromatic heterocycles. The number of aliphatic carboxylic acids is 1. The molecule has 0 unspecified atom stereocenters. The van der Waals surface area contributed by atoms with Crippen molar-refractivity contribution in [3.05, 3.63) is 23.8 Å². The Kier molecular flexibility index (Phi) is 3.22. The normalized spacial score (nSPS) is 22.0. The summed E-state index contributed by atoms with van der Waals surface area (Å²) in [4.78, 5) is 10.8. The van der Waals surface area contributed by atoms with Crippen molar-refractivity contribution in [1.82, 2.24) is 0 Å². The molecule has 2 atom stereocenters. The summed E-state index contributed by atoms with van der Waals surface area (Å²) in [7, 11) is 1.59. The molecular weight excluding hydrogens is 220 g/mol. The first-order valence-electron chi connectivity index (χ1n) is 5.71. The van der Waals surface area contributed by atoms with Gasteiger partial charge in [-0.15, -0.1) is 0 Å². The fourth-order valence-corrected chi connectivity index (χ4v) is 2.03. The van der Waals surface area contributed by atoms with Gasteiger partial charge in [-0.3, -0.25) is 4.79 Å². The van der Waals surface area contributed by atoms with E-state index in [2.05, 4.69) is 0 Å². The van der Waals surface area contributed by atoms with E-state index in [0.717, 1.165) is 5.56 Å². The first-order chi connectivity index (χ1) is 8.17. The molecular formula is C13H16O4. The van der Waals surface area contributed by atoms with Crippen molar-refractivity contribution < 1.29 is 19.4 Å². The Hall–Kier alpha value is -1.71. The largest absolute Gasteiger partial charge is 0.493 e. The highest BCUT2D eigenvalue weighted by Gasteiger charge is 2.44. The third-order valence-electron chi connectivity index (χ3n) is 3.02. The van der Waals surface area contributed by atoms with Crippen molar-refractivity contribution in [2.24, 2.45) is 5.92 Å². The lowest BCUT2D eigenvalue weighted by Gasteiger charge is -2.10. The smallest absolute Gasteiger partial charge is 0.307 e. The van der Waals surface area contributed by atoms with Crippen LogP contribution in [-0.4, -0.2) is 24.8 Å². The van der Waals surface area contributed by atoms with E-state index in [4.69, 9.17) is 14.6 Å². The van der Waals surface area contributed by atoms with Crippen LogP contribution in [0.25, 0.3) is 0 Å². The molecule has 0 bridgehead atoms. The Labute approximate surface area is 100 Å². The van der Waals surface area contributed by atoms with E-state index in [1.165, 1.54) is 0 Å². The van der Waals surface area contributed by atoms with Crippen LogP contribution in [0.4, 0.5) is 0 Å². The fraction of sp³-hybridized carbons (Fsp3) is 0.462. The number of ether oxygens (including phenoxy) is 2. The van der Waals surface area contributed by atoms with Gasteiger partial charge in [-0.2, -0.15) is 0 Å². The summed E-state index contributed by atoms with van der Waals surface area (Å²) in [5.74, 6) is 0.532. The summed E-state index contributed by atoms with van der Waals surface area (Å²) in [6.07, 6.45) is 0.715. The van der Waals surface area contributed by atoms with E-state index in [1.54, 1.807) is 7.11 Å². The van der Waals surface area contributed by atoms with Crippen molar-refractivity contribution in [3.8, 4) is 11.5 Å². The molecule has 0 spiro atoms. The summed E-state index contributed by atoms with van der Waals surface area (Å²) in [5, 5.41) is 8.89. The van der Waals surface area contributed by atoms with Gasteiger partial charge in [-0.25, -0.2) is 0 Å². The van der Waals surface area contributed by atoms with Crippen LogP contribution in [0.3, 0.4) is 0 Å². The summed E-state index contributed by atoms with van der Waals surface area (Å²) >= 11 is 0. The second-order valence-electron chi connectivity index (χ2n) is 4.13. The number of benzene rings is 1. The maximum absolute atomic E-state index is 10.8. The van der Waals surface area contributed by atoms with Gasteiger partial charge in [0.15, 0.2) is 11.5 Å². The molecule has 0 aliphatic heterocycles. The van der Waals surface area contributed by atoms with Gasteiger partial charge in [-0.1, -0.05) is 6.07 Å². The highest BCUT2D eigenvalue weighted by Crippen LogP contribution is 2.49. The Bertz CT molecular complexity index is 427. The van der Waals surface area contributed by atoms with Crippen molar-refractivity contribution in [2.75, 3.05) is 13.7 Å². The highest BCUT2D eigenvalue weighted by atomic mass is 16.5. The molecule has 4 nitrogen and oxygen atoms in total. The van der Waals surface area contributed by atoms with Gasteiger partial charge < -0.3 is 14.6 Å². The zero-order chi connectivity index (χ0) is 12.4. The number of hydrogen-bond donors (Lipinski definition) is 1. The third kappa shape index (κ3) is 2.35. The van der Waals surface area contributed by atoms with E-state index in [9.17, 15) is 4.79 Å². The maximum Gasteiger partial charge on any atom is 0.307 e. The SMILES string of the molecule is CCOc1ccc([C@@H]2C[C@H]2C(=O)O)cc1OC. The average Bonchev–Trinajstić information content (AvgIpc) is 3.10. The second-order valence-corrected chi connectivity index (χ2v) is 4.13. The molecule has 0 saturated heterocycles. The number of carboxylic acids is 1. The quantitative estimate of drug-likeness (QED) is 0.852. The molecule has 0 radical (unpaired) electrons. The molecule has 0 heterocycles. The van der Waals surface area contributed by atoms with Crippen LogP contribution in [0.15, 0.2) is 18.2 Å². The van der Waals surface area contributed by atoms with Gasteiger partial charge in [0.05, 0.1) is 19.6 Å². The van der Waals surface area contributed by atoms with Crippen molar-refractivity contribution in [1.29, 1.82) is 0 Å². The lowest BCUT2D eigenvalue weighted by Crippen LogP contribution is -2.00. The minimum Gasteiger partial charge on any atom is -0.493 e. The molecule has 2 rings (SSSR count). The highest BCUT2D eigenvalue weighted by molar-refractivity contribution is 5.75.